The van der Waals surface area contributed by atoms with Crippen molar-refractivity contribution >= 4 is 0 Å². The summed E-state index contributed by atoms with van der Waals surface area (Å²) in [6.45, 7) is 2.22. The minimum absolute atomic E-state index is 0.722. The number of aliphatic hydroxyl groups is 1. The van der Waals surface area contributed by atoms with Gasteiger partial charge in [-0.1, -0.05) is 60.7 Å². The van der Waals surface area contributed by atoms with Crippen LogP contribution >= 0.6 is 0 Å². The summed E-state index contributed by atoms with van der Waals surface area (Å²) in [5.41, 5.74) is 1.11. The summed E-state index contributed by atoms with van der Waals surface area (Å²) >= 11 is 0. The largest absolute Gasteiger partial charge is 0.380 e. The van der Waals surface area contributed by atoms with Gasteiger partial charge in [0.1, 0.15) is 5.60 Å². The van der Waals surface area contributed by atoms with Crippen molar-refractivity contribution in [2.75, 3.05) is 13.1 Å². The molecule has 2 aromatic rings. The number of piperidine rings is 1. The van der Waals surface area contributed by atoms with Crippen molar-refractivity contribution in [3.8, 4) is 0 Å². The van der Waals surface area contributed by atoms with Gasteiger partial charge in [-0.25, -0.2) is 0 Å². The molecule has 2 N–H and O–H groups in total. The van der Waals surface area contributed by atoms with Crippen molar-refractivity contribution in [2.24, 2.45) is 5.92 Å². The van der Waals surface area contributed by atoms with Crippen molar-refractivity contribution in [1.29, 1.82) is 0 Å². The lowest BCUT2D eigenvalue weighted by molar-refractivity contribution is 0.0614. The minimum atomic E-state index is -0.882. The van der Waals surface area contributed by atoms with Gasteiger partial charge in [0.15, 0.2) is 0 Å². The molecular formula is C20H25NO. The standard InChI is InChI=1S/C20H25NO/c22-20(18-7-3-1-4-8-18,19-9-5-2-6-10-19)14-11-17-12-15-21-16-13-17/h1-10,17,21-22H,11-16H2. The minimum Gasteiger partial charge on any atom is -0.380 e. The van der Waals surface area contributed by atoms with E-state index in [-0.39, 0.29) is 0 Å². The third kappa shape index (κ3) is 3.40. The molecule has 0 unspecified atom stereocenters. The second-order valence-corrected chi connectivity index (χ2v) is 6.32. The van der Waals surface area contributed by atoms with Gasteiger partial charge in [-0.15, -0.1) is 0 Å². The zero-order valence-electron chi connectivity index (χ0n) is 13.0. The molecule has 1 heterocycles. The molecule has 2 heteroatoms. The molecule has 22 heavy (non-hydrogen) atoms. The molecule has 0 atom stereocenters. The Morgan fingerprint density at radius 1 is 0.864 bits per heavy atom. The summed E-state index contributed by atoms with van der Waals surface area (Å²) < 4.78 is 0. The summed E-state index contributed by atoms with van der Waals surface area (Å²) in [4.78, 5) is 0. The summed E-state index contributed by atoms with van der Waals surface area (Å²) in [5, 5.41) is 14.9. The van der Waals surface area contributed by atoms with Crippen LogP contribution in [0.15, 0.2) is 60.7 Å². The molecule has 0 radical (unpaired) electrons. The Hall–Kier alpha value is -1.64. The zero-order chi connectivity index (χ0) is 15.3. The summed E-state index contributed by atoms with van der Waals surface area (Å²) in [5.74, 6) is 0.722. The van der Waals surface area contributed by atoms with E-state index in [9.17, 15) is 5.11 Å². The SMILES string of the molecule is OC(CCC1CCNCC1)(c1ccccc1)c1ccccc1. The van der Waals surface area contributed by atoms with E-state index in [2.05, 4.69) is 5.32 Å². The van der Waals surface area contributed by atoms with Gasteiger partial charge in [0, 0.05) is 0 Å². The van der Waals surface area contributed by atoms with Crippen LogP contribution in [0.1, 0.15) is 36.8 Å². The van der Waals surface area contributed by atoms with Crippen molar-refractivity contribution in [3.05, 3.63) is 71.8 Å². The van der Waals surface area contributed by atoms with Crippen molar-refractivity contribution in [2.45, 2.75) is 31.3 Å². The van der Waals surface area contributed by atoms with Crippen LogP contribution < -0.4 is 5.32 Å². The van der Waals surface area contributed by atoms with E-state index in [0.717, 1.165) is 43.0 Å². The molecule has 1 saturated heterocycles. The maximum Gasteiger partial charge on any atom is 0.115 e. The fourth-order valence-corrected chi connectivity index (χ4v) is 3.47. The predicted octanol–water partition coefficient (Wildman–Crippen LogP) is 3.70. The second-order valence-electron chi connectivity index (χ2n) is 6.32. The van der Waals surface area contributed by atoms with Crippen LogP contribution in [0.3, 0.4) is 0 Å². The van der Waals surface area contributed by atoms with Gasteiger partial charge in [-0.2, -0.15) is 0 Å². The average Bonchev–Trinajstić information content (AvgIpc) is 2.62. The molecule has 0 spiro atoms. The second kappa shape index (κ2) is 7.08. The number of hydrogen-bond acceptors (Lipinski definition) is 2. The molecular weight excluding hydrogens is 270 g/mol. The van der Waals surface area contributed by atoms with Crippen LogP contribution in [-0.2, 0) is 5.60 Å². The van der Waals surface area contributed by atoms with Gasteiger partial charge in [-0.05, 0) is 55.8 Å². The molecule has 1 aliphatic heterocycles. The van der Waals surface area contributed by atoms with Gasteiger partial charge < -0.3 is 10.4 Å². The van der Waals surface area contributed by atoms with Crippen LogP contribution in [0.2, 0.25) is 0 Å². The number of rotatable bonds is 5. The predicted molar refractivity (Wildman–Crippen MR) is 90.7 cm³/mol. The molecule has 3 rings (SSSR count). The first-order chi connectivity index (χ1) is 10.8. The first-order valence-electron chi connectivity index (χ1n) is 8.33. The summed E-state index contributed by atoms with van der Waals surface area (Å²) in [6, 6.07) is 20.2. The van der Waals surface area contributed by atoms with Crippen LogP contribution in [0.5, 0.6) is 0 Å². The fraction of sp³-hybridized carbons (Fsp3) is 0.400. The maximum absolute atomic E-state index is 11.5. The highest BCUT2D eigenvalue weighted by atomic mass is 16.3. The average molecular weight is 295 g/mol. The van der Waals surface area contributed by atoms with Crippen LogP contribution in [0.25, 0.3) is 0 Å². The Morgan fingerprint density at radius 2 is 1.36 bits per heavy atom. The Bertz CT molecular complexity index is 521. The Morgan fingerprint density at radius 3 is 1.86 bits per heavy atom. The number of hydrogen-bond donors (Lipinski definition) is 2. The van der Waals surface area contributed by atoms with E-state index in [1.165, 1.54) is 12.8 Å². The summed E-state index contributed by atoms with van der Waals surface area (Å²) in [6.07, 6.45) is 4.30. The highest BCUT2D eigenvalue weighted by Crippen LogP contribution is 2.36. The number of nitrogens with one attached hydrogen (secondary N) is 1. The lowest BCUT2D eigenvalue weighted by Crippen LogP contribution is -2.31. The molecule has 116 valence electrons. The lowest BCUT2D eigenvalue weighted by atomic mass is 9.79. The molecule has 0 aliphatic carbocycles. The lowest BCUT2D eigenvalue weighted by Gasteiger charge is -2.32. The van der Waals surface area contributed by atoms with E-state index in [1.54, 1.807) is 0 Å². The molecule has 0 aromatic heterocycles. The van der Waals surface area contributed by atoms with E-state index >= 15 is 0 Å². The molecule has 2 aromatic carbocycles. The molecule has 0 saturated carbocycles. The van der Waals surface area contributed by atoms with Crippen LogP contribution in [0.4, 0.5) is 0 Å². The molecule has 1 fully saturated rings. The van der Waals surface area contributed by atoms with E-state index in [0.29, 0.717) is 0 Å². The number of benzene rings is 2. The first kappa shape index (κ1) is 15.3. The van der Waals surface area contributed by atoms with Gasteiger partial charge >= 0.3 is 0 Å². The highest BCUT2D eigenvalue weighted by Gasteiger charge is 2.32. The van der Waals surface area contributed by atoms with Crippen molar-refractivity contribution in [1.82, 2.24) is 5.32 Å². The van der Waals surface area contributed by atoms with Crippen LogP contribution in [-0.4, -0.2) is 18.2 Å². The molecule has 0 amide bonds. The highest BCUT2D eigenvalue weighted by molar-refractivity contribution is 5.35. The van der Waals surface area contributed by atoms with Gasteiger partial charge in [0.05, 0.1) is 0 Å². The van der Waals surface area contributed by atoms with E-state index < -0.39 is 5.60 Å². The fourth-order valence-electron chi connectivity index (χ4n) is 3.47. The normalized spacial score (nSPS) is 16.6. The zero-order valence-corrected chi connectivity index (χ0v) is 13.0. The van der Waals surface area contributed by atoms with Crippen LogP contribution in [0, 0.1) is 5.92 Å². The third-order valence-electron chi connectivity index (χ3n) is 4.88. The Labute approximate surface area is 133 Å². The topological polar surface area (TPSA) is 32.3 Å². The van der Waals surface area contributed by atoms with Gasteiger partial charge in [0.25, 0.3) is 0 Å². The van der Waals surface area contributed by atoms with Gasteiger partial charge in [-0.3, -0.25) is 0 Å². The van der Waals surface area contributed by atoms with Crippen molar-refractivity contribution in [3.63, 3.8) is 0 Å². The summed E-state index contributed by atoms with van der Waals surface area (Å²) in [7, 11) is 0. The van der Waals surface area contributed by atoms with Crippen molar-refractivity contribution < 1.29 is 5.11 Å². The molecule has 0 bridgehead atoms. The van der Waals surface area contributed by atoms with E-state index in [1.807, 2.05) is 60.7 Å². The smallest absolute Gasteiger partial charge is 0.115 e. The quantitative estimate of drug-likeness (QED) is 0.881. The van der Waals surface area contributed by atoms with Gasteiger partial charge in [0.2, 0.25) is 0 Å². The third-order valence-corrected chi connectivity index (χ3v) is 4.88. The monoisotopic (exact) mass is 295 g/mol. The molecule has 1 aliphatic rings. The Balaban J connectivity index is 1.83. The maximum atomic E-state index is 11.5. The first-order valence-corrected chi connectivity index (χ1v) is 8.33. The molecule has 2 nitrogen and oxygen atoms in total. The van der Waals surface area contributed by atoms with E-state index in [4.69, 9.17) is 0 Å². The Kier molecular flexibility index (Phi) is 4.91.